The lowest BCUT2D eigenvalue weighted by Crippen LogP contribution is -2.51. The highest BCUT2D eigenvalue weighted by molar-refractivity contribution is 6.00. The van der Waals surface area contributed by atoms with Crippen LogP contribution in [0.1, 0.15) is 63.8 Å². The number of nitrogens with zero attached hydrogens (tertiary/aromatic N) is 1. The molecule has 7 nitrogen and oxygen atoms in total. The fourth-order valence-electron chi connectivity index (χ4n) is 4.48. The molecule has 2 unspecified atom stereocenters. The first kappa shape index (κ1) is 29.7. The lowest BCUT2D eigenvalue weighted by Gasteiger charge is -2.32. The van der Waals surface area contributed by atoms with Gasteiger partial charge in [0.25, 0.3) is 5.91 Å². The molecule has 7 heteroatoms. The van der Waals surface area contributed by atoms with Crippen LogP contribution in [0.4, 0.5) is 10.5 Å². The molecule has 2 N–H and O–H groups in total. The first-order valence-electron chi connectivity index (χ1n) is 13.4. The van der Waals surface area contributed by atoms with E-state index >= 15 is 0 Å². The van der Waals surface area contributed by atoms with Crippen molar-refractivity contribution in [3.8, 4) is 0 Å². The quantitative estimate of drug-likeness (QED) is 0.346. The molecule has 0 aromatic heterocycles. The molecule has 3 aromatic carbocycles. The minimum absolute atomic E-state index is 0.119. The minimum atomic E-state index is -0.918. The van der Waals surface area contributed by atoms with Gasteiger partial charge in [0.05, 0.1) is 0 Å². The predicted molar refractivity (Wildman–Crippen MR) is 157 cm³/mol. The summed E-state index contributed by atoms with van der Waals surface area (Å²) in [6.07, 6.45) is -0.271. The molecule has 0 spiro atoms. The van der Waals surface area contributed by atoms with E-state index in [2.05, 4.69) is 10.6 Å². The zero-order chi connectivity index (χ0) is 28.9. The Morgan fingerprint density at radius 1 is 0.897 bits per heavy atom. The Balaban J connectivity index is 1.94. The van der Waals surface area contributed by atoms with Crippen LogP contribution in [0.3, 0.4) is 0 Å². The number of anilines is 1. The van der Waals surface area contributed by atoms with Crippen LogP contribution in [0.25, 0.3) is 10.8 Å². The third-order valence-corrected chi connectivity index (χ3v) is 6.54. The van der Waals surface area contributed by atoms with Gasteiger partial charge in [-0.25, -0.2) is 4.79 Å². The van der Waals surface area contributed by atoms with Gasteiger partial charge < -0.3 is 20.3 Å². The topological polar surface area (TPSA) is 87.7 Å². The summed E-state index contributed by atoms with van der Waals surface area (Å²) < 4.78 is 5.42. The smallest absolute Gasteiger partial charge is 0.408 e. The zero-order valence-corrected chi connectivity index (χ0v) is 24.3. The monoisotopic (exact) mass is 531 g/mol. The van der Waals surface area contributed by atoms with E-state index in [1.54, 1.807) is 27.8 Å². The maximum Gasteiger partial charge on any atom is 0.408 e. The standard InChI is InChI=1S/C32H41N3O4/c1-20(2)17-27(34-31(38)39-32(5,6)7)30(37)35(8)28(25-14-13-21(3)22(4)18-25)29(36)33-26-16-15-23-11-9-10-12-24(23)19-26/h9-16,18-20,27-28H,17H2,1-8H3,(H,33,36)(H,34,38). The lowest BCUT2D eigenvalue weighted by atomic mass is 9.97. The molecular formula is C32H41N3O4. The Bertz CT molecular complexity index is 1340. The highest BCUT2D eigenvalue weighted by Gasteiger charge is 2.34. The van der Waals surface area contributed by atoms with Gasteiger partial charge in [0.2, 0.25) is 5.91 Å². The number of ether oxygens (including phenoxy) is 1. The van der Waals surface area contributed by atoms with Crippen LogP contribution >= 0.6 is 0 Å². The summed E-state index contributed by atoms with van der Waals surface area (Å²) in [4.78, 5) is 41.7. The fraction of sp³-hybridized carbons (Fsp3) is 0.406. The van der Waals surface area contributed by atoms with Crippen LogP contribution in [0, 0.1) is 19.8 Å². The Hall–Kier alpha value is -3.87. The zero-order valence-electron chi connectivity index (χ0n) is 24.3. The second-order valence-electron chi connectivity index (χ2n) is 11.6. The van der Waals surface area contributed by atoms with Crippen molar-refractivity contribution in [2.75, 3.05) is 12.4 Å². The summed E-state index contributed by atoms with van der Waals surface area (Å²) in [7, 11) is 1.60. The number of rotatable bonds is 8. The van der Waals surface area contributed by atoms with Crippen LogP contribution < -0.4 is 10.6 Å². The molecule has 0 heterocycles. The maximum atomic E-state index is 13.9. The second kappa shape index (κ2) is 12.3. The van der Waals surface area contributed by atoms with Crippen molar-refractivity contribution in [1.29, 1.82) is 0 Å². The van der Waals surface area contributed by atoms with Crippen molar-refractivity contribution >= 4 is 34.4 Å². The molecule has 0 radical (unpaired) electrons. The number of carbonyl (C=O) groups excluding carboxylic acids is 3. The Morgan fingerprint density at radius 3 is 2.18 bits per heavy atom. The summed E-state index contributed by atoms with van der Waals surface area (Å²) >= 11 is 0. The minimum Gasteiger partial charge on any atom is -0.444 e. The number of hydrogen-bond donors (Lipinski definition) is 2. The summed E-state index contributed by atoms with van der Waals surface area (Å²) in [6.45, 7) is 13.2. The van der Waals surface area contributed by atoms with Crippen molar-refractivity contribution < 1.29 is 19.1 Å². The number of benzene rings is 3. The molecule has 39 heavy (non-hydrogen) atoms. The highest BCUT2D eigenvalue weighted by Crippen LogP contribution is 2.27. The van der Waals surface area contributed by atoms with Gasteiger partial charge in [-0.2, -0.15) is 0 Å². The normalized spacial score (nSPS) is 13.1. The molecule has 3 amide bonds. The van der Waals surface area contributed by atoms with Crippen molar-refractivity contribution in [2.45, 2.75) is 72.6 Å². The number of hydrogen-bond acceptors (Lipinski definition) is 4. The average molecular weight is 532 g/mol. The van der Waals surface area contributed by atoms with E-state index in [-0.39, 0.29) is 17.7 Å². The van der Waals surface area contributed by atoms with Gasteiger partial charge in [-0.3, -0.25) is 9.59 Å². The number of aryl methyl sites for hydroxylation is 2. The molecule has 2 atom stereocenters. The van der Waals surface area contributed by atoms with Crippen LogP contribution in [0.15, 0.2) is 60.7 Å². The van der Waals surface area contributed by atoms with Gasteiger partial charge in [0.15, 0.2) is 0 Å². The van der Waals surface area contributed by atoms with Crippen molar-refractivity contribution in [3.05, 3.63) is 77.4 Å². The van der Waals surface area contributed by atoms with Crippen LogP contribution in [0.2, 0.25) is 0 Å². The number of alkyl carbamates (subject to hydrolysis) is 1. The molecule has 0 aliphatic rings. The van der Waals surface area contributed by atoms with Crippen molar-refractivity contribution in [2.24, 2.45) is 5.92 Å². The molecule has 0 aliphatic heterocycles. The van der Waals surface area contributed by atoms with Crippen molar-refractivity contribution in [1.82, 2.24) is 10.2 Å². The maximum absolute atomic E-state index is 13.9. The first-order chi connectivity index (χ1) is 18.2. The van der Waals surface area contributed by atoms with E-state index in [4.69, 9.17) is 4.74 Å². The fourth-order valence-corrected chi connectivity index (χ4v) is 4.48. The SMILES string of the molecule is Cc1ccc(C(C(=O)Nc2ccc3ccccc3c2)N(C)C(=O)C(CC(C)C)NC(=O)OC(C)(C)C)cc1C. The van der Waals surface area contributed by atoms with E-state index in [0.717, 1.165) is 21.9 Å². The average Bonchev–Trinajstić information content (AvgIpc) is 2.84. The Labute approximate surface area is 231 Å². The van der Waals surface area contributed by atoms with E-state index in [1.807, 2.05) is 88.4 Å². The molecule has 0 saturated carbocycles. The van der Waals surface area contributed by atoms with Gasteiger partial charge in [-0.15, -0.1) is 0 Å². The number of fused-ring (bicyclic) bond motifs is 1. The van der Waals surface area contributed by atoms with Gasteiger partial charge in [-0.05, 0) is 86.6 Å². The summed E-state index contributed by atoms with van der Waals surface area (Å²) in [5.41, 5.74) is 2.73. The van der Waals surface area contributed by atoms with Gasteiger partial charge >= 0.3 is 6.09 Å². The van der Waals surface area contributed by atoms with E-state index in [0.29, 0.717) is 17.7 Å². The van der Waals surface area contributed by atoms with E-state index < -0.39 is 23.8 Å². The molecule has 0 aliphatic carbocycles. The summed E-state index contributed by atoms with van der Waals surface area (Å²) in [5, 5.41) is 7.82. The molecule has 208 valence electrons. The summed E-state index contributed by atoms with van der Waals surface area (Å²) in [6, 6.07) is 17.6. The molecular weight excluding hydrogens is 490 g/mol. The largest absolute Gasteiger partial charge is 0.444 e. The molecule has 3 aromatic rings. The Kier molecular flexibility index (Phi) is 9.38. The van der Waals surface area contributed by atoms with Crippen molar-refractivity contribution in [3.63, 3.8) is 0 Å². The van der Waals surface area contributed by atoms with Crippen LogP contribution in [-0.4, -0.2) is 41.5 Å². The first-order valence-corrected chi connectivity index (χ1v) is 13.4. The molecule has 0 saturated heterocycles. The molecule has 3 rings (SSSR count). The third kappa shape index (κ3) is 8.06. The van der Waals surface area contributed by atoms with E-state index in [9.17, 15) is 14.4 Å². The lowest BCUT2D eigenvalue weighted by molar-refractivity contribution is -0.139. The molecule has 0 fully saturated rings. The summed E-state index contributed by atoms with van der Waals surface area (Å²) in [5.74, 6) is -0.592. The highest BCUT2D eigenvalue weighted by atomic mass is 16.6. The third-order valence-electron chi connectivity index (χ3n) is 6.54. The molecule has 0 bridgehead atoms. The van der Waals surface area contributed by atoms with Crippen LogP contribution in [0.5, 0.6) is 0 Å². The van der Waals surface area contributed by atoms with E-state index in [1.165, 1.54) is 4.90 Å². The second-order valence-corrected chi connectivity index (χ2v) is 11.6. The number of carbonyl (C=O) groups is 3. The van der Waals surface area contributed by atoms with Gasteiger partial charge in [0.1, 0.15) is 17.7 Å². The number of likely N-dealkylation sites (N-methyl/N-ethyl adjacent to an activating group) is 1. The van der Waals surface area contributed by atoms with Gasteiger partial charge in [-0.1, -0.05) is 62.4 Å². The predicted octanol–water partition coefficient (Wildman–Crippen LogP) is 6.53. The number of amides is 3. The Morgan fingerprint density at radius 2 is 1.56 bits per heavy atom. The van der Waals surface area contributed by atoms with Crippen LogP contribution in [-0.2, 0) is 14.3 Å². The van der Waals surface area contributed by atoms with Gasteiger partial charge in [0, 0.05) is 12.7 Å². The number of nitrogens with one attached hydrogen (secondary N) is 2.